The van der Waals surface area contributed by atoms with Gasteiger partial charge in [-0.2, -0.15) is 0 Å². The highest BCUT2D eigenvalue weighted by atomic mass is 79.9. The Balaban J connectivity index is 1.56. The molecule has 25 heavy (non-hydrogen) atoms. The minimum absolute atomic E-state index is 0.110. The van der Waals surface area contributed by atoms with Gasteiger partial charge in [-0.1, -0.05) is 12.1 Å². The van der Waals surface area contributed by atoms with Crippen LogP contribution in [0.15, 0.2) is 59.3 Å². The second-order valence-electron chi connectivity index (χ2n) is 5.41. The Morgan fingerprint density at radius 3 is 2.64 bits per heavy atom. The topological polar surface area (TPSA) is 71.8 Å². The van der Waals surface area contributed by atoms with E-state index in [1.807, 2.05) is 60.3 Å². The smallest absolute Gasteiger partial charge is 0.252 e. The Morgan fingerprint density at radius 2 is 1.88 bits per heavy atom. The molecule has 0 aliphatic heterocycles. The van der Waals surface area contributed by atoms with E-state index in [0.717, 1.165) is 16.1 Å². The van der Waals surface area contributed by atoms with Crippen LogP contribution < -0.4 is 10.6 Å². The van der Waals surface area contributed by atoms with Crippen molar-refractivity contribution in [3.05, 3.63) is 70.7 Å². The number of aromatic nitrogens is 3. The van der Waals surface area contributed by atoms with Crippen LogP contribution in [0, 0.1) is 6.92 Å². The lowest BCUT2D eigenvalue weighted by atomic mass is 10.2. The molecule has 0 aliphatic carbocycles. The van der Waals surface area contributed by atoms with E-state index in [1.165, 1.54) is 0 Å². The average molecular weight is 400 g/mol. The Morgan fingerprint density at radius 1 is 1.12 bits per heavy atom. The minimum atomic E-state index is -0.110. The summed E-state index contributed by atoms with van der Waals surface area (Å²) in [6.07, 6.45) is 3.87. The molecule has 7 heteroatoms. The number of anilines is 1. The van der Waals surface area contributed by atoms with E-state index in [4.69, 9.17) is 0 Å². The molecule has 0 atom stereocenters. The van der Waals surface area contributed by atoms with Crippen LogP contribution in [0.4, 0.5) is 5.82 Å². The molecule has 3 rings (SSSR count). The lowest BCUT2D eigenvalue weighted by Gasteiger charge is -2.10. The van der Waals surface area contributed by atoms with Gasteiger partial charge in [0, 0.05) is 36.0 Å². The van der Waals surface area contributed by atoms with Gasteiger partial charge >= 0.3 is 0 Å². The van der Waals surface area contributed by atoms with Crippen LogP contribution in [0.3, 0.4) is 0 Å². The van der Waals surface area contributed by atoms with E-state index >= 15 is 0 Å². The Bertz CT molecular complexity index is 864. The van der Waals surface area contributed by atoms with Crippen molar-refractivity contribution in [3.8, 4) is 5.82 Å². The molecule has 1 amide bonds. The highest BCUT2D eigenvalue weighted by Gasteiger charge is 2.08. The predicted octanol–water partition coefficient (Wildman–Crippen LogP) is 3.18. The molecular formula is C18H18BrN5O. The molecule has 128 valence electrons. The van der Waals surface area contributed by atoms with Gasteiger partial charge in [-0.3, -0.25) is 4.79 Å². The van der Waals surface area contributed by atoms with Gasteiger partial charge in [0.15, 0.2) is 0 Å². The van der Waals surface area contributed by atoms with E-state index in [2.05, 4.69) is 36.5 Å². The molecule has 1 aromatic carbocycles. The second kappa shape index (κ2) is 7.94. The minimum Gasteiger partial charge on any atom is -0.368 e. The highest BCUT2D eigenvalue weighted by Crippen LogP contribution is 2.15. The number of nitrogens with one attached hydrogen (secondary N) is 2. The number of carbonyl (C=O) groups is 1. The van der Waals surface area contributed by atoms with Crippen LogP contribution in [-0.4, -0.2) is 33.5 Å². The maximum absolute atomic E-state index is 12.1. The van der Waals surface area contributed by atoms with Gasteiger partial charge in [0.2, 0.25) is 0 Å². The van der Waals surface area contributed by atoms with Gasteiger partial charge in [-0.15, -0.1) is 0 Å². The third-order valence-corrected chi connectivity index (χ3v) is 4.22. The molecule has 6 nitrogen and oxygen atoms in total. The van der Waals surface area contributed by atoms with Crippen molar-refractivity contribution in [2.75, 3.05) is 18.4 Å². The summed E-state index contributed by atoms with van der Waals surface area (Å²) < 4.78 is 2.71. The number of nitrogens with zero attached hydrogens (tertiary/aromatic N) is 3. The molecule has 0 saturated carbocycles. The summed E-state index contributed by atoms with van der Waals surface area (Å²) in [6.45, 7) is 2.91. The molecule has 0 radical (unpaired) electrons. The van der Waals surface area contributed by atoms with Crippen LogP contribution in [0.2, 0.25) is 0 Å². The number of halogens is 1. The first kappa shape index (κ1) is 17.2. The van der Waals surface area contributed by atoms with Crippen molar-refractivity contribution in [1.82, 2.24) is 19.9 Å². The van der Waals surface area contributed by atoms with Crippen LogP contribution in [0.1, 0.15) is 16.2 Å². The van der Waals surface area contributed by atoms with E-state index in [9.17, 15) is 4.79 Å². The largest absolute Gasteiger partial charge is 0.368 e. The SMILES string of the molecule is Cc1nc(NCCNC(=O)c2ccccc2Br)cc(-n2cccc2)n1. The normalized spacial score (nSPS) is 10.5. The zero-order valence-corrected chi connectivity index (χ0v) is 15.3. The molecular weight excluding hydrogens is 382 g/mol. The standard InChI is InChI=1S/C18H18BrN5O/c1-13-22-16(12-17(23-13)24-10-4-5-11-24)20-8-9-21-18(25)14-6-2-3-7-15(14)19/h2-7,10-12H,8-9H2,1H3,(H,21,25)(H,20,22,23). The van der Waals surface area contributed by atoms with E-state index in [0.29, 0.717) is 24.5 Å². The summed E-state index contributed by atoms with van der Waals surface area (Å²) in [5, 5.41) is 6.11. The summed E-state index contributed by atoms with van der Waals surface area (Å²) in [6, 6.07) is 13.1. The first-order chi connectivity index (χ1) is 12.1. The summed E-state index contributed by atoms with van der Waals surface area (Å²) in [4.78, 5) is 20.9. The van der Waals surface area contributed by atoms with Gasteiger partial charge in [-0.25, -0.2) is 9.97 Å². The quantitative estimate of drug-likeness (QED) is 0.624. The summed E-state index contributed by atoms with van der Waals surface area (Å²) in [5.74, 6) is 2.11. The number of carbonyl (C=O) groups excluding carboxylic acids is 1. The van der Waals surface area contributed by atoms with Crippen molar-refractivity contribution in [2.24, 2.45) is 0 Å². The van der Waals surface area contributed by atoms with E-state index < -0.39 is 0 Å². The van der Waals surface area contributed by atoms with Gasteiger partial charge in [0.05, 0.1) is 5.56 Å². The van der Waals surface area contributed by atoms with Gasteiger partial charge in [0.25, 0.3) is 5.91 Å². The van der Waals surface area contributed by atoms with E-state index in [-0.39, 0.29) is 5.91 Å². The van der Waals surface area contributed by atoms with Crippen LogP contribution >= 0.6 is 15.9 Å². The molecule has 0 fully saturated rings. The maximum atomic E-state index is 12.1. The molecule has 2 aromatic heterocycles. The van der Waals surface area contributed by atoms with Gasteiger partial charge in [-0.05, 0) is 47.1 Å². The lowest BCUT2D eigenvalue weighted by Crippen LogP contribution is -2.29. The van der Waals surface area contributed by atoms with Crippen LogP contribution in [0.5, 0.6) is 0 Å². The monoisotopic (exact) mass is 399 g/mol. The van der Waals surface area contributed by atoms with Crippen LogP contribution in [-0.2, 0) is 0 Å². The van der Waals surface area contributed by atoms with Crippen molar-refractivity contribution < 1.29 is 4.79 Å². The molecule has 0 bridgehead atoms. The fourth-order valence-electron chi connectivity index (χ4n) is 2.37. The van der Waals surface area contributed by atoms with Crippen molar-refractivity contribution >= 4 is 27.7 Å². The first-order valence-electron chi connectivity index (χ1n) is 7.89. The molecule has 0 spiro atoms. The number of rotatable bonds is 6. The Kier molecular flexibility index (Phi) is 5.45. The fraction of sp³-hybridized carbons (Fsp3) is 0.167. The first-order valence-corrected chi connectivity index (χ1v) is 8.68. The van der Waals surface area contributed by atoms with Crippen LogP contribution in [0.25, 0.3) is 5.82 Å². The van der Waals surface area contributed by atoms with E-state index in [1.54, 1.807) is 6.07 Å². The average Bonchev–Trinajstić information content (AvgIpc) is 3.13. The molecule has 2 heterocycles. The summed E-state index contributed by atoms with van der Waals surface area (Å²) >= 11 is 3.38. The second-order valence-corrected chi connectivity index (χ2v) is 6.27. The predicted molar refractivity (Wildman–Crippen MR) is 101 cm³/mol. The lowest BCUT2D eigenvalue weighted by molar-refractivity contribution is 0.0954. The highest BCUT2D eigenvalue weighted by molar-refractivity contribution is 9.10. The number of aryl methyl sites for hydroxylation is 1. The fourth-order valence-corrected chi connectivity index (χ4v) is 2.83. The summed E-state index contributed by atoms with van der Waals surface area (Å²) in [7, 11) is 0. The molecule has 0 aliphatic rings. The Labute approximate surface area is 154 Å². The zero-order valence-electron chi connectivity index (χ0n) is 13.7. The molecule has 0 unspecified atom stereocenters. The summed E-state index contributed by atoms with van der Waals surface area (Å²) in [5.41, 5.74) is 0.621. The molecule has 0 saturated heterocycles. The number of benzene rings is 1. The number of amides is 1. The third kappa shape index (κ3) is 4.45. The number of hydrogen-bond acceptors (Lipinski definition) is 4. The Hall–Kier alpha value is -2.67. The molecule has 2 N–H and O–H groups in total. The number of hydrogen-bond donors (Lipinski definition) is 2. The third-order valence-electron chi connectivity index (χ3n) is 3.53. The molecule has 3 aromatic rings. The van der Waals surface area contributed by atoms with Gasteiger partial charge < -0.3 is 15.2 Å². The van der Waals surface area contributed by atoms with Crippen molar-refractivity contribution in [3.63, 3.8) is 0 Å². The van der Waals surface area contributed by atoms with Crippen molar-refractivity contribution in [1.29, 1.82) is 0 Å². The van der Waals surface area contributed by atoms with Crippen molar-refractivity contribution in [2.45, 2.75) is 6.92 Å². The maximum Gasteiger partial charge on any atom is 0.252 e. The zero-order chi connectivity index (χ0) is 17.6. The van der Waals surface area contributed by atoms with Gasteiger partial charge in [0.1, 0.15) is 17.5 Å².